The van der Waals surface area contributed by atoms with Gasteiger partial charge in [0, 0.05) is 19.6 Å². The van der Waals surface area contributed by atoms with Crippen LogP contribution in [-0.2, 0) is 6.54 Å². The summed E-state index contributed by atoms with van der Waals surface area (Å²) in [6, 6.07) is 3.69. The van der Waals surface area contributed by atoms with Crippen molar-refractivity contribution >= 4 is 5.96 Å². The molecule has 0 amide bonds. The van der Waals surface area contributed by atoms with Crippen LogP contribution >= 0.6 is 0 Å². The maximum atomic E-state index is 5.33. The smallest absolute Gasteiger partial charge is 0.216 e. The van der Waals surface area contributed by atoms with Crippen molar-refractivity contribution in [3.63, 3.8) is 0 Å². The molecule has 0 radical (unpaired) electrons. The minimum absolute atomic E-state index is 0.488. The number of fused-ring (bicyclic) bond motifs is 1. The van der Waals surface area contributed by atoms with Crippen molar-refractivity contribution in [1.82, 2.24) is 25.4 Å². The van der Waals surface area contributed by atoms with Gasteiger partial charge >= 0.3 is 0 Å². The van der Waals surface area contributed by atoms with Crippen LogP contribution in [-0.4, -0.2) is 45.7 Å². The topological polar surface area (TPSA) is 82.3 Å². The van der Waals surface area contributed by atoms with Crippen LogP contribution in [0.5, 0.6) is 0 Å². The van der Waals surface area contributed by atoms with Crippen molar-refractivity contribution < 1.29 is 4.42 Å². The molecule has 2 atom stereocenters. The second-order valence-corrected chi connectivity index (χ2v) is 6.96. The molecule has 2 aliphatic rings. The summed E-state index contributed by atoms with van der Waals surface area (Å²) in [7, 11) is 0. The summed E-state index contributed by atoms with van der Waals surface area (Å²) in [5.74, 6) is 4.67. The molecule has 134 valence electrons. The fourth-order valence-electron chi connectivity index (χ4n) is 4.04. The lowest BCUT2D eigenvalue weighted by Gasteiger charge is -2.22. The Kier molecular flexibility index (Phi) is 4.72. The number of H-pyrrole nitrogens is 1. The van der Waals surface area contributed by atoms with E-state index in [9.17, 15) is 0 Å². The van der Waals surface area contributed by atoms with E-state index in [2.05, 4.69) is 32.3 Å². The van der Waals surface area contributed by atoms with Crippen molar-refractivity contribution in [3.8, 4) is 11.6 Å². The molecule has 2 N–H and O–H groups in total. The number of aromatic nitrogens is 3. The number of rotatable bonds is 4. The second-order valence-electron chi connectivity index (χ2n) is 6.96. The molecule has 1 saturated heterocycles. The summed E-state index contributed by atoms with van der Waals surface area (Å²) in [5, 5.41) is 10.6. The first-order chi connectivity index (χ1) is 12.3. The van der Waals surface area contributed by atoms with E-state index in [0.717, 1.165) is 43.3 Å². The lowest BCUT2D eigenvalue weighted by molar-refractivity contribution is 0.299. The summed E-state index contributed by atoms with van der Waals surface area (Å²) in [5.41, 5.74) is 0. The summed E-state index contributed by atoms with van der Waals surface area (Å²) >= 11 is 0. The van der Waals surface area contributed by atoms with E-state index in [1.54, 1.807) is 6.26 Å². The van der Waals surface area contributed by atoms with Crippen LogP contribution in [0.1, 0.15) is 38.4 Å². The fraction of sp³-hybridized carbons (Fsp3) is 0.611. The van der Waals surface area contributed by atoms with Crippen LogP contribution in [0, 0.1) is 11.8 Å². The van der Waals surface area contributed by atoms with E-state index in [4.69, 9.17) is 9.41 Å². The molecular formula is C18H26N6O. The van der Waals surface area contributed by atoms with Gasteiger partial charge in [-0.1, -0.05) is 12.8 Å². The van der Waals surface area contributed by atoms with Gasteiger partial charge in [-0.15, -0.1) is 5.10 Å². The molecule has 4 rings (SSSR count). The van der Waals surface area contributed by atoms with E-state index in [1.165, 1.54) is 25.7 Å². The molecule has 2 unspecified atom stereocenters. The zero-order chi connectivity index (χ0) is 17.1. The van der Waals surface area contributed by atoms with Crippen molar-refractivity contribution in [3.05, 3.63) is 24.2 Å². The minimum atomic E-state index is 0.488. The normalized spacial score (nSPS) is 23.7. The van der Waals surface area contributed by atoms with Gasteiger partial charge in [0.05, 0.1) is 6.26 Å². The molecule has 0 bridgehead atoms. The number of aliphatic imine (C=N–C) groups is 1. The third-order valence-electron chi connectivity index (χ3n) is 5.26. The number of nitrogens with one attached hydrogen (secondary N) is 2. The van der Waals surface area contributed by atoms with E-state index in [1.807, 2.05) is 12.1 Å². The quantitative estimate of drug-likeness (QED) is 0.659. The Morgan fingerprint density at radius 1 is 1.36 bits per heavy atom. The molecular weight excluding hydrogens is 316 g/mol. The zero-order valence-electron chi connectivity index (χ0n) is 14.7. The molecule has 2 aromatic heterocycles. The fourth-order valence-corrected chi connectivity index (χ4v) is 4.04. The second kappa shape index (κ2) is 7.29. The standard InChI is InChI=1S/C18H26N6O/c1-2-19-18(24-11-13-6-3-4-7-14(13)12-24)20-10-16-21-17(23-22-16)15-8-5-9-25-15/h5,8-9,13-14H,2-4,6-7,10-12H2,1H3,(H,19,20)(H,21,22,23). The SMILES string of the molecule is CCNC(=NCc1nc(-c2ccco2)n[nH]1)N1CC2CCCCC2C1. The van der Waals surface area contributed by atoms with Gasteiger partial charge in [-0.3, -0.25) is 5.10 Å². The number of nitrogens with zero attached hydrogens (tertiary/aromatic N) is 4. The molecule has 1 aliphatic carbocycles. The Hall–Kier alpha value is -2.31. The first kappa shape index (κ1) is 16.2. The van der Waals surface area contributed by atoms with Crippen LogP contribution in [0.25, 0.3) is 11.6 Å². The van der Waals surface area contributed by atoms with Gasteiger partial charge in [-0.25, -0.2) is 9.98 Å². The molecule has 3 heterocycles. The predicted octanol–water partition coefficient (Wildman–Crippen LogP) is 2.65. The van der Waals surface area contributed by atoms with Crippen molar-refractivity contribution in [2.75, 3.05) is 19.6 Å². The van der Waals surface area contributed by atoms with Gasteiger partial charge < -0.3 is 14.6 Å². The maximum absolute atomic E-state index is 5.33. The lowest BCUT2D eigenvalue weighted by atomic mass is 9.82. The number of furan rings is 1. The van der Waals surface area contributed by atoms with Crippen molar-refractivity contribution in [2.24, 2.45) is 16.8 Å². The predicted molar refractivity (Wildman–Crippen MR) is 95.9 cm³/mol. The number of guanidine groups is 1. The molecule has 2 aromatic rings. The van der Waals surface area contributed by atoms with E-state index in [-0.39, 0.29) is 0 Å². The summed E-state index contributed by atoms with van der Waals surface area (Å²) in [6.45, 7) is 5.73. The highest BCUT2D eigenvalue weighted by Gasteiger charge is 2.35. The first-order valence-corrected chi connectivity index (χ1v) is 9.32. The van der Waals surface area contributed by atoms with Crippen LogP contribution in [0.2, 0.25) is 0 Å². The van der Waals surface area contributed by atoms with E-state index in [0.29, 0.717) is 18.1 Å². The van der Waals surface area contributed by atoms with Gasteiger partial charge in [0.25, 0.3) is 0 Å². The van der Waals surface area contributed by atoms with Gasteiger partial charge in [0.2, 0.25) is 5.82 Å². The van der Waals surface area contributed by atoms with Crippen LogP contribution < -0.4 is 5.32 Å². The maximum Gasteiger partial charge on any atom is 0.216 e. The van der Waals surface area contributed by atoms with Gasteiger partial charge in [-0.2, -0.15) is 0 Å². The summed E-state index contributed by atoms with van der Waals surface area (Å²) in [4.78, 5) is 11.7. The third-order valence-corrected chi connectivity index (χ3v) is 5.26. The van der Waals surface area contributed by atoms with Crippen LogP contribution in [0.15, 0.2) is 27.8 Å². The largest absolute Gasteiger partial charge is 0.461 e. The molecule has 7 heteroatoms. The highest BCUT2D eigenvalue weighted by molar-refractivity contribution is 5.80. The number of aromatic amines is 1. The minimum Gasteiger partial charge on any atom is -0.461 e. The monoisotopic (exact) mass is 342 g/mol. The van der Waals surface area contributed by atoms with Crippen LogP contribution in [0.4, 0.5) is 0 Å². The molecule has 25 heavy (non-hydrogen) atoms. The Morgan fingerprint density at radius 3 is 2.84 bits per heavy atom. The van der Waals surface area contributed by atoms with Gasteiger partial charge in [-0.05, 0) is 43.7 Å². The van der Waals surface area contributed by atoms with Crippen molar-refractivity contribution in [1.29, 1.82) is 0 Å². The average Bonchev–Trinajstić information content (AvgIpc) is 3.38. The van der Waals surface area contributed by atoms with E-state index < -0.39 is 0 Å². The van der Waals surface area contributed by atoms with Gasteiger partial charge in [0.1, 0.15) is 12.4 Å². The Bertz CT molecular complexity index is 693. The number of likely N-dealkylation sites (tertiary alicyclic amines) is 1. The number of hydrogen-bond acceptors (Lipinski definition) is 4. The molecule has 1 saturated carbocycles. The Labute approximate surface area is 147 Å². The average molecular weight is 342 g/mol. The molecule has 0 aromatic carbocycles. The molecule has 7 nitrogen and oxygen atoms in total. The Balaban J connectivity index is 1.44. The highest BCUT2D eigenvalue weighted by atomic mass is 16.3. The lowest BCUT2D eigenvalue weighted by Crippen LogP contribution is -2.40. The summed E-state index contributed by atoms with van der Waals surface area (Å²) < 4.78 is 5.33. The van der Waals surface area contributed by atoms with E-state index >= 15 is 0 Å². The highest BCUT2D eigenvalue weighted by Crippen LogP contribution is 2.35. The van der Waals surface area contributed by atoms with Crippen LogP contribution in [0.3, 0.4) is 0 Å². The van der Waals surface area contributed by atoms with Gasteiger partial charge in [0.15, 0.2) is 11.7 Å². The molecule has 1 aliphatic heterocycles. The van der Waals surface area contributed by atoms with Crippen molar-refractivity contribution in [2.45, 2.75) is 39.2 Å². The first-order valence-electron chi connectivity index (χ1n) is 9.32. The Morgan fingerprint density at radius 2 is 2.16 bits per heavy atom. The molecule has 2 fully saturated rings. The third kappa shape index (κ3) is 3.55. The zero-order valence-corrected chi connectivity index (χ0v) is 14.7. The number of hydrogen-bond donors (Lipinski definition) is 2. The summed E-state index contributed by atoms with van der Waals surface area (Å²) in [6.07, 6.45) is 7.14. The molecule has 0 spiro atoms.